The summed E-state index contributed by atoms with van der Waals surface area (Å²) < 4.78 is 11.3. The summed E-state index contributed by atoms with van der Waals surface area (Å²) in [4.78, 5) is 14.6. The van der Waals surface area contributed by atoms with E-state index >= 15 is 0 Å². The van der Waals surface area contributed by atoms with Gasteiger partial charge in [0.05, 0.1) is 18.9 Å². The van der Waals surface area contributed by atoms with Crippen molar-refractivity contribution < 1.29 is 14.3 Å². The molecule has 2 aromatic rings. The van der Waals surface area contributed by atoms with Crippen LogP contribution in [-0.2, 0) is 4.79 Å². The first kappa shape index (κ1) is 19.9. The van der Waals surface area contributed by atoms with Crippen molar-refractivity contribution in [3.63, 3.8) is 0 Å². The number of thiocarbonyl (C=S) groups is 1. The van der Waals surface area contributed by atoms with Crippen molar-refractivity contribution in [1.82, 2.24) is 5.32 Å². The predicted molar refractivity (Wildman–Crippen MR) is 116 cm³/mol. The summed E-state index contributed by atoms with van der Waals surface area (Å²) in [7, 11) is 1.59. The quantitative estimate of drug-likeness (QED) is 0.601. The number of carbonyl (C=O) groups is 1. The number of rotatable bonds is 5. The second kappa shape index (κ2) is 8.02. The van der Waals surface area contributed by atoms with E-state index in [0.717, 1.165) is 22.4 Å². The molecular formula is C22H24N2O3S. The zero-order valence-electron chi connectivity index (χ0n) is 16.7. The van der Waals surface area contributed by atoms with Gasteiger partial charge < -0.3 is 14.8 Å². The van der Waals surface area contributed by atoms with Crippen LogP contribution in [0.4, 0.5) is 5.69 Å². The van der Waals surface area contributed by atoms with Gasteiger partial charge in [0.1, 0.15) is 5.70 Å². The second-order valence-electron chi connectivity index (χ2n) is 6.96. The molecule has 0 radical (unpaired) electrons. The van der Waals surface area contributed by atoms with Crippen LogP contribution in [0.2, 0.25) is 0 Å². The molecule has 1 heterocycles. The van der Waals surface area contributed by atoms with E-state index in [0.29, 0.717) is 22.3 Å². The zero-order valence-corrected chi connectivity index (χ0v) is 17.5. The van der Waals surface area contributed by atoms with Gasteiger partial charge in [-0.2, -0.15) is 0 Å². The third-order valence-corrected chi connectivity index (χ3v) is 4.64. The van der Waals surface area contributed by atoms with Crippen molar-refractivity contribution in [1.29, 1.82) is 0 Å². The molecule has 1 aliphatic rings. The van der Waals surface area contributed by atoms with Crippen molar-refractivity contribution in [2.24, 2.45) is 0 Å². The van der Waals surface area contributed by atoms with Crippen LogP contribution in [0, 0.1) is 13.8 Å². The lowest BCUT2D eigenvalue weighted by molar-refractivity contribution is -0.113. The Bertz CT molecular complexity index is 966. The van der Waals surface area contributed by atoms with Crippen LogP contribution in [0.3, 0.4) is 0 Å². The van der Waals surface area contributed by atoms with Crippen molar-refractivity contribution in [3.8, 4) is 11.5 Å². The lowest BCUT2D eigenvalue weighted by Crippen LogP contribution is -2.30. The highest BCUT2D eigenvalue weighted by Gasteiger charge is 2.33. The molecule has 1 saturated heterocycles. The molecule has 0 saturated carbocycles. The number of amides is 1. The number of nitrogens with zero attached hydrogens (tertiary/aromatic N) is 1. The molecular weight excluding hydrogens is 372 g/mol. The predicted octanol–water partition coefficient (Wildman–Crippen LogP) is 4.36. The summed E-state index contributed by atoms with van der Waals surface area (Å²) in [5, 5.41) is 3.39. The molecule has 0 bridgehead atoms. The fourth-order valence-corrected chi connectivity index (χ4v) is 3.43. The minimum atomic E-state index is -0.199. The summed E-state index contributed by atoms with van der Waals surface area (Å²) in [6.07, 6.45) is 1.71. The van der Waals surface area contributed by atoms with E-state index in [4.69, 9.17) is 21.7 Å². The van der Waals surface area contributed by atoms with Crippen molar-refractivity contribution in [2.45, 2.75) is 33.8 Å². The average molecular weight is 397 g/mol. The molecule has 146 valence electrons. The first-order valence-electron chi connectivity index (χ1n) is 9.10. The molecule has 0 atom stereocenters. The Balaban J connectivity index is 2.01. The normalized spacial score (nSPS) is 15.4. The van der Waals surface area contributed by atoms with Crippen LogP contribution >= 0.6 is 12.2 Å². The van der Waals surface area contributed by atoms with Gasteiger partial charge in [-0.05, 0) is 63.7 Å². The maximum Gasteiger partial charge on any atom is 0.281 e. The summed E-state index contributed by atoms with van der Waals surface area (Å²) in [6, 6.07) is 11.5. The molecule has 0 spiro atoms. The number of aryl methyl sites for hydroxylation is 2. The Kier molecular flexibility index (Phi) is 5.70. The van der Waals surface area contributed by atoms with E-state index in [-0.39, 0.29) is 12.0 Å². The van der Waals surface area contributed by atoms with Gasteiger partial charge >= 0.3 is 0 Å². The Morgan fingerprint density at radius 2 is 1.93 bits per heavy atom. The van der Waals surface area contributed by atoms with Gasteiger partial charge in [0.25, 0.3) is 5.91 Å². The number of benzene rings is 2. The van der Waals surface area contributed by atoms with Gasteiger partial charge in [0.15, 0.2) is 16.6 Å². The highest BCUT2D eigenvalue weighted by Crippen LogP contribution is 2.34. The van der Waals surface area contributed by atoms with E-state index in [1.165, 1.54) is 4.90 Å². The summed E-state index contributed by atoms with van der Waals surface area (Å²) in [6.45, 7) is 7.87. The Hall–Kier alpha value is -2.86. The molecule has 5 nitrogen and oxygen atoms in total. The molecule has 0 unspecified atom stereocenters. The minimum absolute atomic E-state index is 0.0338. The van der Waals surface area contributed by atoms with Crippen LogP contribution < -0.4 is 19.7 Å². The van der Waals surface area contributed by atoms with E-state index in [2.05, 4.69) is 5.32 Å². The molecule has 0 aromatic heterocycles. The van der Waals surface area contributed by atoms with Crippen LogP contribution in [-0.4, -0.2) is 24.2 Å². The molecule has 3 rings (SSSR count). The van der Waals surface area contributed by atoms with Crippen LogP contribution in [0.25, 0.3) is 6.08 Å². The van der Waals surface area contributed by atoms with E-state index in [9.17, 15) is 4.79 Å². The van der Waals surface area contributed by atoms with E-state index < -0.39 is 0 Å². The average Bonchev–Trinajstić information content (AvgIpc) is 2.90. The second-order valence-corrected chi connectivity index (χ2v) is 7.35. The number of ether oxygens (including phenoxy) is 2. The number of para-hydroxylation sites is 1. The van der Waals surface area contributed by atoms with Gasteiger partial charge in [-0.25, -0.2) is 0 Å². The van der Waals surface area contributed by atoms with Gasteiger partial charge in [0.2, 0.25) is 0 Å². The third kappa shape index (κ3) is 3.87. The number of nitrogens with one attached hydrogen (secondary N) is 1. The minimum Gasteiger partial charge on any atom is -0.493 e. The maximum atomic E-state index is 13.1. The monoisotopic (exact) mass is 396 g/mol. The lowest BCUT2D eigenvalue weighted by atomic mass is 10.1. The Labute approximate surface area is 170 Å². The van der Waals surface area contributed by atoms with E-state index in [1.54, 1.807) is 13.2 Å². The topological polar surface area (TPSA) is 50.8 Å². The molecule has 1 N–H and O–H groups in total. The first-order chi connectivity index (χ1) is 13.3. The van der Waals surface area contributed by atoms with Crippen molar-refractivity contribution >= 4 is 35.0 Å². The van der Waals surface area contributed by atoms with E-state index in [1.807, 2.05) is 64.1 Å². The summed E-state index contributed by atoms with van der Waals surface area (Å²) in [5.74, 6) is 1.01. The highest BCUT2D eigenvalue weighted by atomic mass is 32.1. The van der Waals surface area contributed by atoms with Crippen LogP contribution in [0.5, 0.6) is 11.5 Å². The number of anilines is 1. The van der Waals surface area contributed by atoms with Gasteiger partial charge in [-0.15, -0.1) is 0 Å². The lowest BCUT2D eigenvalue weighted by Gasteiger charge is -2.17. The van der Waals surface area contributed by atoms with Gasteiger partial charge in [-0.1, -0.05) is 29.8 Å². The van der Waals surface area contributed by atoms with Gasteiger partial charge in [0, 0.05) is 5.56 Å². The molecule has 28 heavy (non-hydrogen) atoms. The smallest absolute Gasteiger partial charge is 0.281 e. The largest absolute Gasteiger partial charge is 0.493 e. The number of carbonyl (C=O) groups excluding carboxylic acids is 1. The zero-order chi connectivity index (χ0) is 20.4. The summed E-state index contributed by atoms with van der Waals surface area (Å²) >= 11 is 5.43. The fraction of sp³-hybridized carbons (Fsp3) is 0.273. The van der Waals surface area contributed by atoms with Crippen LogP contribution in [0.1, 0.15) is 30.5 Å². The standard InChI is InChI=1S/C22H24N2O3S/c1-13(2)27-20-16(7-6-8-19(20)26-5)12-17-21(25)24(22(28)23-17)18-10-9-14(3)11-15(18)4/h6-13H,1-5H3,(H,23,28)/b17-12-. The number of hydrogen-bond donors (Lipinski definition) is 1. The Morgan fingerprint density at radius 1 is 1.18 bits per heavy atom. The van der Waals surface area contributed by atoms with Gasteiger partial charge in [-0.3, -0.25) is 9.69 Å². The first-order valence-corrected chi connectivity index (χ1v) is 9.50. The third-order valence-electron chi connectivity index (χ3n) is 4.35. The molecule has 1 amide bonds. The van der Waals surface area contributed by atoms with Crippen molar-refractivity contribution in [3.05, 3.63) is 58.8 Å². The maximum absolute atomic E-state index is 13.1. The number of methoxy groups -OCH3 is 1. The van der Waals surface area contributed by atoms with Crippen LogP contribution in [0.15, 0.2) is 42.1 Å². The summed E-state index contributed by atoms with van der Waals surface area (Å²) in [5.41, 5.74) is 4.04. The molecule has 1 fully saturated rings. The molecule has 0 aliphatic carbocycles. The molecule has 6 heteroatoms. The molecule has 1 aliphatic heterocycles. The highest BCUT2D eigenvalue weighted by molar-refractivity contribution is 7.80. The number of hydrogen-bond acceptors (Lipinski definition) is 4. The Morgan fingerprint density at radius 3 is 2.57 bits per heavy atom. The SMILES string of the molecule is COc1cccc(/C=C2\NC(=S)N(c3ccc(C)cc3C)C2=O)c1OC(C)C. The fourth-order valence-electron chi connectivity index (χ4n) is 3.13. The van der Waals surface area contributed by atoms with Crippen molar-refractivity contribution in [2.75, 3.05) is 12.0 Å². The molecule has 2 aromatic carbocycles.